The van der Waals surface area contributed by atoms with Gasteiger partial charge in [-0.25, -0.2) is 4.98 Å². The maximum atomic E-state index is 12.0. The van der Waals surface area contributed by atoms with Crippen molar-refractivity contribution < 1.29 is 14.7 Å². The number of hydrazine groups is 1. The lowest BCUT2D eigenvalue weighted by atomic mass is 10.2. The van der Waals surface area contributed by atoms with E-state index >= 15 is 0 Å². The Balaban J connectivity index is 1.56. The number of thioether (sulfide) groups is 1. The second-order valence-electron chi connectivity index (χ2n) is 5.67. The van der Waals surface area contributed by atoms with Crippen LogP contribution in [-0.2, 0) is 4.79 Å². The number of aryl methyl sites for hydroxylation is 1. The molecule has 0 saturated heterocycles. The van der Waals surface area contributed by atoms with Crippen molar-refractivity contribution in [2.24, 2.45) is 0 Å². The molecule has 0 unspecified atom stereocenters. The lowest BCUT2D eigenvalue weighted by Crippen LogP contribution is -2.42. The highest BCUT2D eigenvalue weighted by Gasteiger charge is 2.13. The van der Waals surface area contributed by atoms with Crippen LogP contribution in [0.15, 0.2) is 66.1 Å². The van der Waals surface area contributed by atoms with Crippen LogP contribution in [0.4, 0.5) is 0 Å². The minimum absolute atomic E-state index is 0.0734. The number of phenolic OH excluding ortho intramolecular Hbond substituents is 1. The van der Waals surface area contributed by atoms with E-state index in [9.17, 15) is 14.7 Å². The fourth-order valence-corrected chi connectivity index (χ4v) is 3.21. The van der Waals surface area contributed by atoms with E-state index in [2.05, 4.69) is 15.8 Å². The first-order chi connectivity index (χ1) is 13.1. The van der Waals surface area contributed by atoms with Crippen molar-refractivity contribution in [2.45, 2.75) is 12.1 Å². The first kappa shape index (κ1) is 18.5. The molecule has 1 aromatic heterocycles. The topological polar surface area (TPSA) is 96.3 Å². The predicted octanol–water partition coefficient (Wildman–Crippen LogP) is 2.44. The van der Waals surface area contributed by atoms with Gasteiger partial charge >= 0.3 is 0 Å². The minimum atomic E-state index is -0.590. The van der Waals surface area contributed by atoms with E-state index in [0.717, 1.165) is 11.3 Å². The number of rotatable bonds is 5. The first-order valence-electron chi connectivity index (χ1n) is 8.15. The Hall–Kier alpha value is -3.26. The number of aromatic hydroxyl groups is 1. The quantitative estimate of drug-likeness (QED) is 0.465. The van der Waals surface area contributed by atoms with Gasteiger partial charge in [-0.3, -0.25) is 25.0 Å². The molecule has 0 radical (unpaired) electrons. The van der Waals surface area contributed by atoms with Crippen molar-refractivity contribution in [1.82, 2.24) is 20.4 Å². The largest absolute Gasteiger partial charge is 0.507 e. The highest BCUT2D eigenvalue weighted by atomic mass is 32.2. The molecule has 138 valence electrons. The maximum absolute atomic E-state index is 12.0. The van der Waals surface area contributed by atoms with Gasteiger partial charge in [-0.2, -0.15) is 0 Å². The third-order valence-corrected chi connectivity index (χ3v) is 4.75. The van der Waals surface area contributed by atoms with Gasteiger partial charge in [-0.15, -0.1) is 0 Å². The van der Waals surface area contributed by atoms with Crippen molar-refractivity contribution in [3.8, 4) is 11.4 Å². The van der Waals surface area contributed by atoms with Crippen LogP contribution in [0.3, 0.4) is 0 Å². The second-order valence-corrected chi connectivity index (χ2v) is 6.62. The first-order valence-corrected chi connectivity index (χ1v) is 9.14. The monoisotopic (exact) mass is 382 g/mol. The molecule has 0 aliphatic heterocycles. The van der Waals surface area contributed by atoms with Crippen molar-refractivity contribution in [3.63, 3.8) is 0 Å². The number of hydrogen-bond acceptors (Lipinski definition) is 5. The number of nitrogens with one attached hydrogen (secondary N) is 2. The zero-order valence-electron chi connectivity index (χ0n) is 14.5. The zero-order chi connectivity index (χ0) is 19.2. The third kappa shape index (κ3) is 4.48. The number of para-hydroxylation sites is 2. The molecule has 0 spiro atoms. The van der Waals surface area contributed by atoms with Gasteiger partial charge < -0.3 is 5.11 Å². The van der Waals surface area contributed by atoms with Gasteiger partial charge in [0.25, 0.3) is 5.91 Å². The summed E-state index contributed by atoms with van der Waals surface area (Å²) in [7, 11) is 0. The number of phenols is 1. The average molecular weight is 382 g/mol. The van der Waals surface area contributed by atoms with Gasteiger partial charge in [0.15, 0.2) is 5.16 Å². The van der Waals surface area contributed by atoms with E-state index in [1.807, 2.05) is 42.0 Å². The van der Waals surface area contributed by atoms with Crippen LogP contribution < -0.4 is 10.9 Å². The van der Waals surface area contributed by atoms with E-state index in [0.29, 0.717) is 5.16 Å². The summed E-state index contributed by atoms with van der Waals surface area (Å²) in [6.45, 7) is 2.00. The van der Waals surface area contributed by atoms with Gasteiger partial charge in [0.05, 0.1) is 17.0 Å². The van der Waals surface area contributed by atoms with E-state index in [1.54, 1.807) is 18.3 Å². The Kier molecular flexibility index (Phi) is 5.77. The Morgan fingerprint density at radius 2 is 1.85 bits per heavy atom. The average Bonchev–Trinajstić information content (AvgIpc) is 3.13. The Labute approximate surface area is 160 Å². The Bertz CT molecular complexity index is 971. The van der Waals surface area contributed by atoms with Gasteiger partial charge in [-0.1, -0.05) is 42.1 Å². The molecule has 3 N–H and O–H groups in total. The summed E-state index contributed by atoms with van der Waals surface area (Å²) >= 11 is 1.26. The summed E-state index contributed by atoms with van der Waals surface area (Å²) in [4.78, 5) is 28.3. The Morgan fingerprint density at radius 1 is 1.11 bits per heavy atom. The summed E-state index contributed by atoms with van der Waals surface area (Å²) in [6, 6.07) is 14.0. The summed E-state index contributed by atoms with van der Waals surface area (Å²) < 4.78 is 1.91. The third-order valence-electron chi connectivity index (χ3n) is 3.78. The normalized spacial score (nSPS) is 10.4. The van der Waals surface area contributed by atoms with Crippen molar-refractivity contribution in [3.05, 3.63) is 72.1 Å². The van der Waals surface area contributed by atoms with Crippen molar-refractivity contribution in [1.29, 1.82) is 0 Å². The van der Waals surface area contributed by atoms with E-state index < -0.39 is 5.91 Å². The second kappa shape index (κ2) is 8.41. The lowest BCUT2D eigenvalue weighted by molar-refractivity contribution is -0.119. The number of imidazole rings is 1. The summed E-state index contributed by atoms with van der Waals surface area (Å²) in [5.74, 6) is -1.06. The molecule has 3 aromatic rings. The fraction of sp³-hybridized carbons (Fsp3) is 0.105. The van der Waals surface area contributed by atoms with Crippen LogP contribution in [0.2, 0.25) is 0 Å². The molecule has 0 bridgehead atoms. The molecule has 0 aliphatic rings. The zero-order valence-corrected chi connectivity index (χ0v) is 15.4. The smallest absolute Gasteiger partial charge is 0.273 e. The highest BCUT2D eigenvalue weighted by Crippen LogP contribution is 2.22. The molecular weight excluding hydrogens is 364 g/mol. The molecule has 27 heavy (non-hydrogen) atoms. The van der Waals surface area contributed by atoms with Crippen molar-refractivity contribution in [2.75, 3.05) is 5.75 Å². The van der Waals surface area contributed by atoms with Crippen LogP contribution in [0.1, 0.15) is 15.9 Å². The number of benzene rings is 2. The van der Waals surface area contributed by atoms with Crippen LogP contribution in [0.5, 0.6) is 5.75 Å². The van der Waals surface area contributed by atoms with Gasteiger partial charge in [0.1, 0.15) is 5.75 Å². The molecule has 0 atom stereocenters. The summed E-state index contributed by atoms with van der Waals surface area (Å²) in [5, 5.41) is 10.3. The number of nitrogens with zero attached hydrogens (tertiary/aromatic N) is 2. The SMILES string of the molecule is Cc1ccccc1-n1ccnc1SCC(=O)NNC(=O)c1ccccc1O. The van der Waals surface area contributed by atoms with E-state index in [-0.39, 0.29) is 23.0 Å². The maximum Gasteiger partial charge on any atom is 0.273 e. The van der Waals surface area contributed by atoms with E-state index in [1.165, 1.54) is 23.9 Å². The van der Waals surface area contributed by atoms with E-state index in [4.69, 9.17) is 0 Å². The standard InChI is InChI=1S/C19H18N4O3S/c1-13-6-2-4-8-15(13)23-11-10-20-19(23)27-12-17(25)21-22-18(26)14-7-3-5-9-16(14)24/h2-11,24H,12H2,1H3,(H,21,25)(H,22,26). The number of carbonyl (C=O) groups excluding carboxylic acids is 2. The molecule has 0 fully saturated rings. The Morgan fingerprint density at radius 3 is 2.63 bits per heavy atom. The van der Waals surface area contributed by atoms with Crippen LogP contribution >= 0.6 is 11.8 Å². The number of amides is 2. The summed E-state index contributed by atoms with van der Waals surface area (Å²) in [6.07, 6.45) is 3.51. The molecule has 0 aliphatic carbocycles. The molecule has 7 nitrogen and oxygen atoms in total. The molecular formula is C19H18N4O3S. The molecule has 1 heterocycles. The van der Waals surface area contributed by atoms with Crippen LogP contribution in [0.25, 0.3) is 5.69 Å². The lowest BCUT2D eigenvalue weighted by Gasteiger charge is -2.11. The predicted molar refractivity (Wildman–Crippen MR) is 103 cm³/mol. The van der Waals surface area contributed by atoms with Crippen LogP contribution in [-0.4, -0.2) is 32.2 Å². The molecule has 2 amide bonds. The van der Waals surface area contributed by atoms with Gasteiger partial charge in [0.2, 0.25) is 5.91 Å². The van der Waals surface area contributed by atoms with Gasteiger partial charge in [0, 0.05) is 12.4 Å². The van der Waals surface area contributed by atoms with Crippen molar-refractivity contribution >= 4 is 23.6 Å². The molecule has 8 heteroatoms. The minimum Gasteiger partial charge on any atom is -0.507 e. The molecule has 3 rings (SSSR count). The number of hydrogen-bond donors (Lipinski definition) is 3. The molecule has 2 aromatic carbocycles. The highest BCUT2D eigenvalue weighted by molar-refractivity contribution is 7.99. The fourth-order valence-electron chi connectivity index (χ4n) is 2.44. The number of carbonyl (C=O) groups is 2. The van der Waals surface area contributed by atoms with Gasteiger partial charge in [-0.05, 0) is 30.7 Å². The van der Waals surface area contributed by atoms with Crippen LogP contribution in [0, 0.1) is 6.92 Å². The summed E-state index contributed by atoms with van der Waals surface area (Å²) in [5.41, 5.74) is 6.79. The molecule has 0 saturated carbocycles. The number of aromatic nitrogens is 2.